The molecule has 0 aromatic carbocycles. The minimum absolute atomic E-state index is 0.123. The molecule has 2 aliphatic heterocycles. The first-order valence-corrected chi connectivity index (χ1v) is 10.1. The zero-order valence-electron chi connectivity index (χ0n) is 15.5. The third-order valence-corrected chi connectivity index (χ3v) is 6.32. The van der Waals surface area contributed by atoms with Gasteiger partial charge in [-0.3, -0.25) is 9.80 Å². The molecule has 3 aliphatic rings. The largest absolute Gasteiger partial charge is 0.415 e. The van der Waals surface area contributed by atoms with Crippen LogP contribution in [0.2, 0.25) is 0 Å². The van der Waals surface area contributed by atoms with Crippen LogP contribution in [0.25, 0.3) is 0 Å². The lowest BCUT2D eigenvalue weighted by Crippen LogP contribution is -2.63. The minimum Gasteiger partial charge on any atom is -0.374 e. The Bertz CT molecular complexity index is 898. The fourth-order valence-corrected chi connectivity index (χ4v) is 4.27. The summed E-state index contributed by atoms with van der Waals surface area (Å²) in [5.41, 5.74) is -1.55. The normalized spacial score (nSPS) is 30.0. The van der Waals surface area contributed by atoms with Crippen molar-refractivity contribution in [3.8, 4) is 0 Å². The molecule has 0 radical (unpaired) electrons. The first-order chi connectivity index (χ1) is 13.7. The van der Waals surface area contributed by atoms with Crippen LogP contribution in [0.5, 0.6) is 0 Å². The van der Waals surface area contributed by atoms with Gasteiger partial charge in [-0.1, -0.05) is 6.08 Å². The van der Waals surface area contributed by atoms with Crippen LogP contribution in [0.1, 0.15) is 31.5 Å². The summed E-state index contributed by atoms with van der Waals surface area (Å²) in [4.78, 5) is 19.8. The third kappa shape index (κ3) is 3.47. The Morgan fingerprint density at radius 1 is 1.31 bits per heavy atom. The fraction of sp³-hybridized carbons (Fsp3) is 0.474. The molecule has 1 fully saturated rings. The highest BCUT2D eigenvalue weighted by Gasteiger charge is 2.62. The number of halogens is 4. The van der Waals surface area contributed by atoms with Gasteiger partial charge in [0, 0.05) is 30.4 Å². The number of hydrogen-bond donors (Lipinski definition) is 1. The average molecular weight is 470 g/mol. The average Bonchev–Trinajstić information content (AvgIpc) is 3.08. The number of rotatable bonds is 4. The van der Waals surface area contributed by atoms with Gasteiger partial charge in [-0.25, -0.2) is 9.97 Å². The summed E-state index contributed by atoms with van der Waals surface area (Å²) in [6.07, 6.45) is 4.97. The fourth-order valence-electron chi connectivity index (χ4n) is 4.06. The van der Waals surface area contributed by atoms with Crippen molar-refractivity contribution in [3.63, 3.8) is 0 Å². The number of Topliss-reactive ketones (excluding diaryl/α,β-unsaturated/α-hetero) is 1. The topological polar surface area (TPSA) is 70.5 Å². The Kier molecular flexibility index (Phi) is 5.00. The Labute approximate surface area is 174 Å². The molecule has 0 amide bonds. The smallest absolute Gasteiger partial charge is 0.374 e. The maximum atomic E-state index is 14.2. The second kappa shape index (κ2) is 7.23. The summed E-state index contributed by atoms with van der Waals surface area (Å²) >= 11 is 3.25. The van der Waals surface area contributed by atoms with E-state index in [2.05, 4.69) is 36.3 Å². The first-order valence-electron chi connectivity index (χ1n) is 9.26. The summed E-state index contributed by atoms with van der Waals surface area (Å²) in [6.45, 7) is 1.93. The maximum absolute atomic E-state index is 14.2. The van der Waals surface area contributed by atoms with Crippen LogP contribution in [0.15, 0.2) is 45.9 Å². The molecular weight excluding hydrogens is 451 g/mol. The van der Waals surface area contributed by atoms with E-state index in [0.29, 0.717) is 28.7 Å². The van der Waals surface area contributed by atoms with E-state index in [4.69, 9.17) is 0 Å². The van der Waals surface area contributed by atoms with Crippen LogP contribution in [0.3, 0.4) is 0 Å². The Morgan fingerprint density at radius 2 is 2.03 bits per heavy atom. The number of aromatic nitrogens is 2. The lowest BCUT2D eigenvalue weighted by molar-refractivity contribution is -0.204. The molecule has 1 N–H and O–H groups in total. The van der Waals surface area contributed by atoms with Gasteiger partial charge in [0.05, 0.1) is 16.7 Å². The van der Waals surface area contributed by atoms with E-state index < -0.39 is 17.6 Å². The number of ketones is 1. The number of carbonyl (C=O) groups is 1. The highest BCUT2D eigenvalue weighted by molar-refractivity contribution is 9.10. The molecule has 154 valence electrons. The van der Waals surface area contributed by atoms with Crippen molar-refractivity contribution in [2.24, 2.45) is 11.0 Å². The molecule has 3 heterocycles. The predicted octanol–water partition coefficient (Wildman–Crippen LogP) is 3.34. The molecule has 1 aromatic heterocycles. The molecule has 29 heavy (non-hydrogen) atoms. The van der Waals surface area contributed by atoms with Crippen molar-refractivity contribution < 1.29 is 18.0 Å². The summed E-state index contributed by atoms with van der Waals surface area (Å²) in [7, 11) is 0. The highest BCUT2D eigenvalue weighted by atomic mass is 79.9. The van der Waals surface area contributed by atoms with Gasteiger partial charge in [-0.2, -0.15) is 18.3 Å². The lowest BCUT2D eigenvalue weighted by atomic mass is 9.61. The van der Waals surface area contributed by atoms with Gasteiger partial charge in [-0.05, 0) is 47.3 Å². The van der Waals surface area contributed by atoms with Gasteiger partial charge in [-0.15, -0.1) is 0 Å². The summed E-state index contributed by atoms with van der Waals surface area (Å²) < 4.78 is 43.4. The zero-order chi connectivity index (χ0) is 20.8. The van der Waals surface area contributed by atoms with Gasteiger partial charge in [0.15, 0.2) is 11.3 Å². The molecule has 4 unspecified atom stereocenters. The first kappa shape index (κ1) is 20.1. The number of alkyl halides is 3. The van der Waals surface area contributed by atoms with Crippen LogP contribution in [0.4, 0.5) is 13.2 Å². The molecule has 1 aromatic rings. The molecule has 4 atom stereocenters. The number of nitrogens with zero attached hydrogens (tertiary/aromatic N) is 4. The third-order valence-electron chi connectivity index (χ3n) is 5.91. The zero-order valence-corrected chi connectivity index (χ0v) is 17.1. The van der Waals surface area contributed by atoms with Crippen LogP contribution < -0.4 is 5.32 Å². The van der Waals surface area contributed by atoms with Crippen LogP contribution in [-0.2, 0) is 4.79 Å². The standard InChI is InChI=1S/C19H19BrF3N5O/c1-11(28-10-14(29)9-27-28)12-4-5-18(26-6-12,19(21,22)23)16-3-2-15(16)17-24-7-13(20)8-25-17/h4-9,11,15-16,26H,2-3,10H2,1H3. The molecule has 10 heteroatoms. The van der Waals surface area contributed by atoms with Crippen LogP contribution in [-0.4, -0.2) is 51.3 Å². The molecular formula is C19H19BrF3N5O. The predicted molar refractivity (Wildman–Crippen MR) is 104 cm³/mol. The van der Waals surface area contributed by atoms with Gasteiger partial charge < -0.3 is 5.32 Å². The molecule has 0 spiro atoms. The number of carbonyl (C=O) groups excluding carboxylic acids is 1. The molecule has 1 aliphatic carbocycles. The van der Waals surface area contributed by atoms with Crippen molar-refractivity contribution >= 4 is 27.9 Å². The monoisotopic (exact) mass is 469 g/mol. The molecule has 4 rings (SSSR count). The van der Waals surface area contributed by atoms with Gasteiger partial charge in [0.25, 0.3) is 0 Å². The Balaban J connectivity index is 1.57. The van der Waals surface area contributed by atoms with E-state index in [-0.39, 0.29) is 24.3 Å². The van der Waals surface area contributed by atoms with Crippen molar-refractivity contribution in [2.75, 3.05) is 6.54 Å². The number of hydrogen-bond acceptors (Lipinski definition) is 6. The molecule has 6 nitrogen and oxygen atoms in total. The Morgan fingerprint density at radius 3 is 2.52 bits per heavy atom. The summed E-state index contributed by atoms with van der Waals surface area (Å²) in [5.74, 6) is -0.785. The van der Waals surface area contributed by atoms with Crippen LogP contribution >= 0.6 is 15.9 Å². The molecule has 0 saturated heterocycles. The molecule has 1 saturated carbocycles. The van der Waals surface area contributed by atoms with Crippen molar-refractivity contribution in [1.82, 2.24) is 20.3 Å². The van der Waals surface area contributed by atoms with E-state index >= 15 is 0 Å². The SMILES string of the molecule is CC(C1=CNC(C2CCC2c2ncc(Br)cn2)(C(F)(F)F)C=C1)N1CC(=O)C=N1. The van der Waals surface area contributed by atoms with Gasteiger partial charge in [0.1, 0.15) is 12.4 Å². The van der Waals surface area contributed by atoms with E-state index in [9.17, 15) is 18.0 Å². The Hall–Kier alpha value is -2.23. The summed E-state index contributed by atoms with van der Waals surface area (Å²) in [6, 6.07) is -0.320. The number of hydrazone groups is 1. The van der Waals surface area contributed by atoms with E-state index in [0.717, 1.165) is 0 Å². The highest BCUT2D eigenvalue weighted by Crippen LogP contribution is 2.53. The maximum Gasteiger partial charge on any atom is 0.415 e. The second-order valence-electron chi connectivity index (χ2n) is 7.52. The van der Waals surface area contributed by atoms with Crippen LogP contribution in [0, 0.1) is 5.92 Å². The number of nitrogens with one attached hydrogen (secondary N) is 1. The second-order valence-corrected chi connectivity index (χ2v) is 8.44. The number of dihydropyridines is 1. The summed E-state index contributed by atoms with van der Waals surface area (Å²) in [5, 5.41) is 8.22. The van der Waals surface area contributed by atoms with E-state index in [1.807, 2.05) is 0 Å². The van der Waals surface area contributed by atoms with E-state index in [1.165, 1.54) is 24.6 Å². The quantitative estimate of drug-likeness (QED) is 0.732. The van der Waals surface area contributed by atoms with E-state index in [1.54, 1.807) is 24.3 Å². The lowest BCUT2D eigenvalue weighted by Gasteiger charge is -2.50. The van der Waals surface area contributed by atoms with Crippen molar-refractivity contribution in [3.05, 3.63) is 46.6 Å². The van der Waals surface area contributed by atoms with Crippen molar-refractivity contribution in [2.45, 2.75) is 43.4 Å². The van der Waals surface area contributed by atoms with Crippen molar-refractivity contribution in [1.29, 1.82) is 0 Å². The minimum atomic E-state index is -4.49. The molecule has 0 bridgehead atoms. The van der Waals surface area contributed by atoms with Gasteiger partial charge in [0.2, 0.25) is 0 Å². The van der Waals surface area contributed by atoms with Gasteiger partial charge >= 0.3 is 6.18 Å².